The predicted molar refractivity (Wildman–Crippen MR) is 56.8 cm³/mol. The van der Waals surface area contributed by atoms with Crippen molar-refractivity contribution in [2.24, 2.45) is 11.7 Å². The van der Waals surface area contributed by atoms with Gasteiger partial charge in [0.05, 0.1) is 12.1 Å². The standard InChI is InChI=1S/C12H16FNO/c1-7-2-5-9(13)6-10(7)11(14)12(15)8-3-4-8/h2,5-6,8,11-12,15H,3-4,14H2,1H3/t11-,12+/m1/s1. The van der Waals surface area contributed by atoms with Gasteiger partial charge in [0.15, 0.2) is 0 Å². The first-order valence-corrected chi connectivity index (χ1v) is 5.29. The van der Waals surface area contributed by atoms with E-state index in [0.717, 1.165) is 24.0 Å². The van der Waals surface area contributed by atoms with Gasteiger partial charge in [0.1, 0.15) is 5.82 Å². The largest absolute Gasteiger partial charge is 0.391 e. The van der Waals surface area contributed by atoms with Crippen LogP contribution in [0.15, 0.2) is 18.2 Å². The minimum Gasteiger partial charge on any atom is -0.391 e. The molecule has 1 saturated carbocycles. The average molecular weight is 209 g/mol. The van der Waals surface area contributed by atoms with Gasteiger partial charge in [0, 0.05) is 0 Å². The van der Waals surface area contributed by atoms with Crippen molar-refractivity contribution in [1.82, 2.24) is 0 Å². The number of halogens is 1. The van der Waals surface area contributed by atoms with Crippen LogP contribution in [0.3, 0.4) is 0 Å². The summed E-state index contributed by atoms with van der Waals surface area (Å²) >= 11 is 0. The van der Waals surface area contributed by atoms with Crippen molar-refractivity contribution in [3.63, 3.8) is 0 Å². The van der Waals surface area contributed by atoms with Gasteiger partial charge in [0.25, 0.3) is 0 Å². The van der Waals surface area contributed by atoms with Crippen molar-refractivity contribution in [3.8, 4) is 0 Å². The van der Waals surface area contributed by atoms with Crippen LogP contribution in [0.5, 0.6) is 0 Å². The Labute approximate surface area is 88.9 Å². The lowest BCUT2D eigenvalue weighted by molar-refractivity contribution is 0.122. The number of aryl methyl sites for hydroxylation is 1. The van der Waals surface area contributed by atoms with Crippen molar-refractivity contribution in [2.45, 2.75) is 31.9 Å². The van der Waals surface area contributed by atoms with Crippen LogP contribution in [0.1, 0.15) is 30.0 Å². The predicted octanol–water partition coefficient (Wildman–Crippen LogP) is 1.90. The molecule has 2 rings (SSSR count). The molecular weight excluding hydrogens is 193 g/mol. The molecule has 2 nitrogen and oxygen atoms in total. The molecule has 0 radical (unpaired) electrons. The van der Waals surface area contributed by atoms with E-state index < -0.39 is 12.1 Å². The summed E-state index contributed by atoms with van der Waals surface area (Å²) in [6, 6.07) is 4.07. The second-order valence-electron chi connectivity index (χ2n) is 4.35. The van der Waals surface area contributed by atoms with E-state index in [0.29, 0.717) is 5.92 Å². The first-order valence-electron chi connectivity index (χ1n) is 5.29. The fraction of sp³-hybridized carbons (Fsp3) is 0.500. The van der Waals surface area contributed by atoms with Crippen LogP contribution in [0, 0.1) is 18.7 Å². The molecule has 0 unspecified atom stereocenters. The van der Waals surface area contributed by atoms with Gasteiger partial charge in [-0.1, -0.05) is 6.07 Å². The van der Waals surface area contributed by atoms with Crippen molar-refractivity contribution in [1.29, 1.82) is 0 Å². The molecule has 1 aromatic rings. The Morgan fingerprint density at radius 2 is 2.13 bits per heavy atom. The molecule has 3 N–H and O–H groups in total. The monoisotopic (exact) mass is 209 g/mol. The van der Waals surface area contributed by atoms with Crippen LogP contribution < -0.4 is 5.73 Å². The molecule has 0 spiro atoms. The van der Waals surface area contributed by atoms with Gasteiger partial charge in [0.2, 0.25) is 0 Å². The Balaban J connectivity index is 2.23. The minimum absolute atomic E-state index is 0.297. The zero-order valence-electron chi connectivity index (χ0n) is 8.78. The van der Waals surface area contributed by atoms with E-state index in [4.69, 9.17) is 5.73 Å². The SMILES string of the molecule is Cc1ccc(F)cc1[C@@H](N)[C@@H](O)C1CC1. The van der Waals surface area contributed by atoms with Gasteiger partial charge >= 0.3 is 0 Å². The molecule has 1 aliphatic carbocycles. The molecular formula is C12H16FNO. The van der Waals surface area contributed by atoms with Crippen LogP contribution in [-0.4, -0.2) is 11.2 Å². The molecule has 1 aromatic carbocycles. The van der Waals surface area contributed by atoms with Crippen molar-refractivity contribution < 1.29 is 9.50 Å². The fourth-order valence-electron chi connectivity index (χ4n) is 1.89. The lowest BCUT2D eigenvalue weighted by Crippen LogP contribution is -2.28. The number of hydrogen-bond acceptors (Lipinski definition) is 2. The molecule has 82 valence electrons. The first kappa shape index (κ1) is 10.6. The topological polar surface area (TPSA) is 46.2 Å². The van der Waals surface area contributed by atoms with Gasteiger partial charge < -0.3 is 10.8 Å². The van der Waals surface area contributed by atoms with Crippen molar-refractivity contribution in [3.05, 3.63) is 35.1 Å². The highest BCUT2D eigenvalue weighted by Gasteiger charge is 2.34. The van der Waals surface area contributed by atoms with E-state index >= 15 is 0 Å². The maximum Gasteiger partial charge on any atom is 0.123 e. The fourth-order valence-corrected chi connectivity index (χ4v) is 1.89. The van der Waals surface area contributed by atoms with E-state index in [-0.39, 0.29) is 5.82 Å². The molecule has 3 heteroatoms. The summed E-state index contributed by atoms with van der Waals surface area (Å²) in [7, 11) is 0. The molecule has 1 fully saturated rings. The van der Waals surface area contributed by atoms with E-state index in [9.17, 15) is 9.50 Å². The molecule has 0 bridgehead atoms. The Morgan fingerprint density at radius 3 is 2.73 bits per heavy atom. The molecule has 2 atom stereocenters. The van der Waals surface area contributed by atoms with Crippen LogP contribution in [0.25, 0.3) is 0 Å². The summed E-state index contributed by atoms with van der Waals surface area (Å²) in [4.78, 5) is 0. The highest BCUT2D eigenvalue weighted by molar-refractivity contribution is 5.30. The summed E-state index contributed by atoms with van der Waals surface area (Å²) in [6.07, 6.45) is 1.53. The average Bonchev–Trinajstić information content (AvgIpc) is 3.03. The van der Waals surface area contributed by atoms with Crippen LogP contribution >= 0.6 is 0 Å². The third kappa shape index (κ3) is 2.19. The number of aliphatic hydroxyl groups excluding tert-OH is 1. The van der Waals surface area contributed by atoms with E-state index in [1.165, 1.54) is 12.1 Å². The summed E-state index contributed by atoms with van der Waals surface area (Å²) in [5.41, 5.74) is 7.58. The van der Waals surface area contributed by atoms with Crippen LogP contribution in [-0.2, 0) is 0 Å². The highest BCUT2D eigenvalue weighted by atomic mass is 19.1. The number of hydrogen-bond donors (Lipinski definition) is 2. The summed E-state index contributed by atoms with van der Waals surface area (Å²) in [5, 5.41) is 9.88. The maximum atomic E-state index is 13.1. The van der Waals surface area contributed by atoms with Gasteiger partial charge in [-0.25, -0.2) is 4.39 Å². The third-order valence-corrected chi connectivity index (χ3v) is 3.07. The van der Waals surface area contributed by atoms with Crippen molar-refractivity contribution in [2.75, 3.05) is 0 Å². The summed E-state index contributed by atoms with van der Waals surface area (Å²) in [5.74, 6) is 0.0108. The van der Waals surface area contributed by atoms with E-state index in [1.807, 2.05) is 6.92 Å². The second kappa shape index (κ2) is 3.91. The molecule has 0 aromatic heterocycles. The molecule has 0 aliphatic heterocycles. The molecule has 0 heterocycles. The Bertz CT molecular complexity index is 363. The molecule has 1 aliphatic rings. The molecule has 15 heavy (non-hydrogen) atoms. The molecule has 0 amide bonds. The Morgan fingerprint density at radius 1 is 1.47 bits per heavy atom. The first-order chi connectivity index (χ1) is 7.09. The zero-order chi connectivity index (χ0) is 11.0. The van der Waals surface area contributed by atoms with Crippen LogP contribution in [0.2, 0.25) is 0 Å². The quantitative estimate of drug-likeness (QED) is 0.798. The van der Waals surface area contributed by atoms with Gasteiger partial charge in [-0.05, 0) is 48.9 Å². The number of rotatable bonds is 3. The smallest absolute Gasteiger partial charge is 0.123 e. The van der Waals surface area contributed by atoms with Crippen molar-refractivity contribution >= 4 is 0 Å². The lowest BCUT2D eigenvalue weighted by Gasteiger charge is -2.20. The van der Waals surface area contributed by atoms with E-state index in [1.54, 1.807) is 6.07 Å². The lowest BCUT2D eigenvalue weighted by atomic mass is 9.95. The minimum atomic E-state index is -0.537. The third-order valence-electron chi connectivity index (χ3n) is 3.07. The highest BCUT2D eigenvalue weighted by Crippen LogP contribution is 2.37. The maximum absolute atomic E-state index is 13.1. The van der Waals surface area contributed by atoms with Gasteiger partial charge in [-0.3, -0.25) is 0 Å². The molecule has 0 saturated heterocycles. The number of nitrogens with two attached hydrogens (primary N) is 1. The van der Waals surface area contributed by atoms with Gasteiger partial charge in [-0.15, -0.1) is 0 Å². The summed E-state index contributed by atoms with van der Waals surface area (Å²) < 4.78 is 13.1. The second-order valence-corrected chi connectivity index (χ2v) is 4.35. The zero-order valence-corrected chi connectivity index (χ0v) is 8.78. The van der Waals surface area contributed by atoms with Crippen LogP contribution in [0.4, 0.5) is 4.39 Å². The van der Waals surface area contributed by atoms with Gasteiger partial charge in [-0.2, -0.15) is 0 Å². The normalized spacial score (nSPS) is 20.0. The number of benzene rings is 1. The Hall–Kier alpha value is -0.930. The Kier molecular flexibility index (Phi) is 2.76. The van der Waals surface area contributed by atoms with E-state index in [2.05, 4.69) is 0 Å². The number of aliphatic hydroxyl groups is 1. The summed E-state index contributed by atoms with van der Waals surface area (Å²) in [6.45, 7) is 1.88.